The van der Waals surface area contributed by atoms with Crippen LogP contribution in [0.3, 0.4) is 0 Å². The number of rotatable bonds is 7. The molecule has 0 bridgehead atoms. The predicted octanol–water partition coefficient (Wildman–Crippen LogP) is 4.27. The number of ether oxygens (including phenoxy) is 2. The van der Waals surface area contributed by atoms with Gasteiger partial charge in [0, 0.05) is 17.2 Å². The van der Waals surface area contributed by atoms with Crippen LogP contribution in [0.25, 0.3) is 17.4 Å². The van der Waals surface area contributed by atoms with Crippen LogP contribution >= 0.6 is 11.3 Å². The van der Waals surface area contributed by atoms with Gasteiger partial charge in [0.05, 0.1) is 35.6 Å². The molecule has 1 aliphatic rings. The molecule has 198 valence electrons. The average molecular weight is 543 g/mol. The van der Waals surface area contributed by atoms with Gasteiger partial charge < -0.3 is 13.9 Å². The van der Waals surface area contributed by atoms with Gasteiger partial charge in [0.2, 0.25) is 0 Å². The molecule has 3 heterocycles. The van der Waals surface area contributed by atoms with Crippen LogP contribution < -0.4 is 19.6 Å². The molecule has 0 saturated carbocycles. The fourth-order valence-electron chi connectivity index (χ4n) is 4.48. The molecule has 0 spiro atoms. The highest BCUT2D eigenvalue weighted by molar-refractivity contribution is 7.07. The summed E-state index contributed by atoms with van der Waals surface area (Å²) in [5.74, 6) is 1.25. The number of aromatic nitrogens is 1. The third-order valence-electron chi connectivity index (χ3n) is 6.42. The zero-order valence-electron chi connectivity index (χ0n) is 21.9. The Morgan fingerprint density at radius 1 is 1.08 bits per heavy atom. The lowest BCUT2D eigenvalue weighted by Gasteiger charge is -2.24. The summed E-state index contributed by atoms with van der Waals surface area (Å²) in [7, 11) is 1.58. The molecular weight excluding hydrogens is 516 g/mol. The topological polar surface area (TPSA) is 100 Å². The molecule has 0 saturated heterocycles. The summed E-state index contributed by atoms with van der Waals surface area (Å²) in [6.07, 6.45) is 1.67. The van der Waals surface area contributed by atoms with E-state index in [2.05, 4.69) is 4.99 Å². The first-order chi connectivity index (χ1) is 18.8. The molecule has 9 heteroatoms. The van der Waals surface area contributed by atoms with Gasteiger partial charge in [0.25, 0.3) is 5.56 Å². The maximum Gasteiger partial charge on any atom is 0.338 e. The molecule has 0 amide bonds. The normalized spacial score (nSPS) is 15.1. The molecule has 1 atom stereocenters. The van der Waals surface area contributed by atoms with Gasteiger partial charge in [-0.15, -0.1) is 0 Å². The average Bonchev–Trinajstić information content (AvgIpc) is 3.52. The number of carbonyl (C=O) groups excluding carboxylic acids is 2. The van der Waals surface area contributed by atoms with Crippen molar-refractivity contribution in [1.82, 2.24) is 4.57 Å². The lowest BCUT2D eigenvalue weighted by molar-refractivity contribution is -0.139. The fraction of sp³-hybridized carbons (Fsp3) is 0.200. The van der Waals surface area contributed by atoms with E-state index in [0.29, 0.717) is 43.4 Å². The zero-order valence-corrected chi connectivity index (χ0v) is 22.7. The number of ketones is 1. The van der Waals surface area contributed by atoms with Crippen molar-refractivity contribution in [2.24, 2.45) is 4.99 Å². The Hall–Kier alpha value is -4.50. The molecule has 2 aromatic carbocycles. The Labute approximate surface area is 228 Å². The Morgan fingerprint density at radius 2 is 1.79 bits per heavy atom. The van der Waals surface area contributed by atoms with E-state index in [-0.39, 0.29) is 17.9 Å². The summed E-state index contributed by atoms with van der Waals surface area (Å²) in [4.78, 5) is 43.4. The standard InChI is InChI=1S/C30H26N2O6S/c1-5-37-29(35)26-17(2)31-30-32(27(26)21-10-12-22(36-4)13-11-21)28(34)25(39-30)16-23-14-15-24(38-23)20-8-6-19(7-9-20)18(3)33/h6-16,27H,5H2,1-4H3/b25-16+. The third kappa shape index (κ3) is 5.00. The number of Topliss-reactive ketones (excluding diaryl/α,β-unsaturated/α-hetero) is 1. The van der Waals surface area contributed by atoms with E-state index in [1.807, 2.05) is 30.3 Å². The molecule has 0 radical (unpaired) electrons. The summed E-state index contributed by atoms with van der Waals surface area (Å²) in [5, 5.41) is 0. The van der Waals surface area contributed by atoms with Gasteiger partial charge in [-0.05, 0) is 50.6 Å². The number of hydrogen-bond donors (Lipinski definition) is 0. The van der Waals surface area contributed by atoms with Crippen LogP contribution in [0.1, 0.15) is 48.5 Å². The number of hydrogen-bond acceptors (Lipinski definition) is 8. The first-order valence-corrected chi connectivity index (χ1v) is 13.2. The van der Waals surface area contributed by atoms with Gasteiger partial charge in [-0.25, -0.2) is 9.79 Å². The van der Waals surface area contributed by atoms with Gasteiger partial charge >= 0.3 is 5.97 Å². The van der Waals surface area contributed by atoms with Gasteiger partial charge in [-0.3, -0.25) is 14.2 Å². The highest BCUT2D eigenvalue weighted by Crippen LogP contribution is 2.31. The number of nitrogens with zero attached hydrogens (tertiary/aromatic N) is 2. The number of carbonyl (C=O) groups is 2. The number of fused-ring (bicyclic) bond motifs is 1. The summed E-state index contributed by atoms with van der Waals surface area (Å²) in [6.45, 7) is 5.21. The largest absolute Gasteiger partial charge is 0.497 e. The lowest BCUT2D eigenvalue weighted by atomic mass is 9.96. The van der Waals surface area contributed by atoms with Crippen LogP contribution in [0, 0.1) is 0 Å². The summed E-state index contributed by atoms with van der Waals surface area (Å²) in [6, 6.07) is 17.3. The van der Waals surface area contributed by atoms with E-state index < -0.39 is 12.0 Å². The Balaban J connectivity index is 1.59. The number of benzene rings is 2. The molecule has 1 unspecified atom stereocenters. The molecule has 8 nitrogen and oxygen atoms in total. The minimum atomic E-state index is -0.708. The predicted molar refractivity (Wildman–Crippen MR) is 148 cm³/mol. The second-order valence-electron chi connectivity index (χ2n) is 8.91. The van der Waals surface area contributed by atoms with Gasteiger partial charge in [-0.1, -0.05) is 47.7 Å². The maximum absolute atomic E-state index is 13.7. The molecule has 1 aliphatic heterocycles. The molecular formula is C30H26N2O6S. The minimum absolute atomic E-state index is 0.00801. The molecule has 5 rings (SSSR count). The first kappa shape index (κ1) is 26.1. The van der Waals surface area contributed by atoms with Crippen molar-refractivity contribution in [3.8, 4) is 17.1 Å². The third-order valence-corrected chi connectivity index (χ3v) is 7.41. The SMILES string of the molecule is CCOC(=O)C1=C(C)N=c2s/c(=C/c3ccc(-c4ccc(C(C)=O)cc4)o3)c(=O)n2C1c1ccc(OC)cc1. The van der Waals surface area contributed by atoms with Crippen molar-refractivity contribution in [3.63, 3.8) is 0 Å². The number of esters is 1. The van der Waals surface area contributed by atoms with Crippen LogP contribution in [-0.4, -0.2) is 30.0 Å². The van der Waals surface area contributed by atoms with E-state index in [9.17, 15) is 14.4 Å². The Morgan fingerprint density at radius 3 is 2.44 bits per heavy atom. The van der Waals surface area contributed by atoms with Gasteiger partial charge in [0.15, 0.2) is 10.6 Å². The molecule has 0 aliphatic carbocycles. The van der Waals surface area contributed by atoms with Crippen LogP contribution in [0.2, 0.25) is 0 Å². The fourth-order valence-corrected chi connectivity index (χ4v) is 5.50. The van der Waals surface area contributed by atoms with Crippen molar-refractivity contribution in [1.29, 1.82) is 0 Å². The number of furan rings is 1. The Bertz CT molecular complexity index is 1770. The second-order valence-corrected chi connectivity index (χ2v) is 9.92. The van der Waals surface area contributed by atoms with Crippen LogP contribution in [-0.2, 0) is 9.53 Å². The highest BCUT2D eigenvalue weighted by atomic mass is 32.1. The second kappa shape index (κ2) is 10.7. The van der Waals surface area contributed by atoms with E-state index >= 15 is 0 Å². The maximum atomic E-state index is 13.7. The molecule has 39 heavy (non-hydrogen) atoms. The van der Waals surface area contributed by atoms with Gasteiger partial charge in [-0.2, -0.15) is 0 Å². The summed E-state index contributed by atoms with van der Waals surface area (Å²) >= 11 is 1.22. The first-order valence-electron chi connectivity index (χ1n) is 12.4. The van der Waals surface area contributed by atoms with Crippen molar-refractivity contribution >= 4 is 29.2 Å². The minimum Gasteiger partial charge on any atom is -0.497 e. The van der Waals surface area contributed by atoms with Crippen molar-refractivity contribution in [3.05, 3.63) is 109 Å². The number of allylic oxidation sites excluding steroid dienone is 1. The van der Waals surface area contributed by atoms with E-state index in [0.717, 1.165) is 11.1 Å². The number of thiazole rings is 1. The van der Waals surface area contributed by atoms with E-state index in [1.165, 1.54) is 22.8 Å². The molecule has 2 aromatic heterocycles. The number of methoxy groups -OCH3 is 1. The Kier molecular flexibility index (Phi) is 7.17. The molecule has 4 aromatic rings. The highest BCUT2D eigenvalue weighted by Gasteiger charge is 2.33. The monoisotopic (exact) mass is 542 g/mol. The van der Waals surface area contributed by atoms with Gasteiger partial charge in [0.1, 0.15) is 17.3 Å². The van der Waals surface area contributed by atoms with Crippen molar-refractivity contribution in [2.45, 2.75) is 26.8 Å². The molecule has 0 fully saturated rings. The lowest BCUT2D eigenvalue weighted by Crippen LogP contribution is -2.39. The molecule has 0 N–H and O–H groups in total. The van der Waals surface area contributed by atoms with Crippen LogP contribution in [0.15, 0.2) is 86.1 Å². The van der Waals surface area contributed by atoms with Crippen LogP contribution in [0.4, 0.5) is 0 Å². The smallest absolute Gasteiger partial charge is 0.338 e. The van der Waals surface area contributed by atoms with Crippen molar-refractivity contribution < 1.29 is 23.5 Å². The quantitative estimate of drug-likeness (QED) is 0.255. The van der Waals surface area contributed by atoms with Crippen molar-refractivity contribution in [2.75, 3.05) is 13.7 Å². The zero-order chi connectivity index (χ0) is 27.7. The summed E-state index contributed by atoms with van der Waals surface area (Å²) in [5.41, 5.74) is 2.69. The van der Waals surface area contributed by atoms with E-state index in [1.54, 1.807) is 57.4 Å². The summed E-state index contributed by atoms with van der Waals surface area (Å²) < 4.78 is 18.6. The van der Waals surface area contributed by atoms with Crippen LogP contribution in [0.5, 0.6) is 5.75 Å². The van der Waals surface area contributed by atoms with E-state index in [4.69, 9.17) is 13.9 Å².